The van der Waals surface area contributed by atoms with Gasteiger partial charge in [0, 0.05) is 70.6 Å². The molecule has 0 bridgehead atoms. The van der Waals surface area contributed by atoms with Gasteiger partial charge >= 0.3 is 0 Å². The van der Waals surface area contributed by atoms with Crippen molar-refractivity contribution in [2.24, 2.45) is 5.92 Å². The zero-order valence-corrected chi connectivity index (χ0v) is 28.2. The van der Waals surface area contributed by atoms with Crippen molar-refractivity contribution in [1.29, 1.82) is 0 Å². The highest BCUT2D eigenvalue weighted by molar-refractivity contribution is 5.88. The molecule has 0 saturated carbocycles. The van der Waals surface area contributed by atoms with Crippen LogP contribution in [0.2, 0.25) is 0 Å². The summed E-state index contributed by atoms with van der Waals surface area (Å²) in [5, 5.41) is 6.65. The second kappa shape index (κ2) is 15.9. The third-order valence-electron chi connectivity index (χ3n) is 10.0. The molecule has 0 aliphatic carbocycles. The van der Waals surface area contributed by atoms with Crippen LogP contribution in [0.5, 0.6) is 5.75 Å². The number of carbonyl (C=O) groups excluding carboxylic acids is 3. The fourth-order valence-corrected chi connectivity index (χ4v) is 7.58. The molecule has 3 aliphatic rings. The number of fused-ring (bicyclic) bond motifs is 1. The first-order valence-corrected chi connectivity index (χ1v) is 17.2. The van der Waals surface area contributed by atoms with E-state index in [2.05, 4.69) is 41.5 Å². The van der Waals surface area contributed by atoms with Crippen LogP contribution in [0, 0.1) is 5.92 Å². The quantitative estimate of drug-likeness (QED) is 0.390. The van der Waals surface area contributed by atoms with Gasteiger partial charge in [0.2, 0.25) is 17.7 Å². The molecule has 2 aromatic rings. The van der Waals surface area contributed by atoms with Crippen LogP contribution in [0.25, 0.3) is 0 Å². The Morgan fingerprint density at radius 2 is 1.57 bits per heavy atom. The topological polar surface area (TPSA) is 94.2 Å². The van der Waals surface area contributed by atoms with E-state index in [1.54, 1.807) is 14.0 Å². The standard InChI is InChI=1S/C37H53N5O4/c1-26(2)25-42(30-14-19-40(20-15-30)27(3)43)31-16-21-41(22-17-31)37(45)35(23-28-9-11-32(46-4)12-10-28)39-36(44)24-34-33-8-6-5-7-29(33)13-18-38-34/h5-12,26,30-31,34-35,38H,13-25H2,1-4H3,(H,39,44)/t34-,35-/m1/s1. The summed E-state index contributed by atoms with van der Waals surface area (Å²) < 4.78 is 5.33. The largest absolute Gasteiger partial charge is 0.497 e. The van der Waals surface area contributed by atoms with Gasteiger partial charge in [-0.15, -0.1) is 0 Å². The maximum atomic E-state index is 14.1. The second-order valence-electron chi connectivity index (χ2n) is 13.7. The number of ether oxygens (including phenoxy) is 1. The van der Waals surface area contributed by atoms with E-state index in [1.807, 2.05) is 46.2 Å². The molecule has 2 N–H and O–H groups in total. The van der Waals surface area contributed by atoms with Gasteiger partial charge in [0.1, 0.15) is 11.8 Å². The van der Waals surface area contributed by atoms with Crippen molar-refractivity contribution < 1.29 is 19.1 Å². The zero-order chi connectivity index (χ0) is 32.6. The maximum Gasteiger partial charge on any atom is 0.245 e. The number of hydrogen-bond acceptors (Lipinski definition) is 6. The normalized spacial score (nSPS) is 20.0. The molecule has 9 nitrogen and oxygen atoms in total. The van der Waals surface area contributed by atoms with Crippen molar-refractivity contribution >= 4 is 17.7 Å². The number of rotatable bonds is 11. The first-order chi connectivity index (χ1) is 22.2. The highest BCUT2D eigenvalue weighted by atomic mass is 16.5. The van der Waals surface area contributed by atoms with Crippen LogP contribution in [0.1, 0.15) is 75.6 Å². The van der Waals surface area contributed by atoms with Gasteiger partial charge in [-0.3, -0.25) is 19.3 Å². The number of likely N-dealkylation sites (tertiary alicyclic amines) is 2. The third-order valence-corrected chi connectivity index (χ3v) is 10.0. The first-order valence-electron chi connectivity index (χ1n) is 17.2. The molecule has 0 spiro atoms. The molecule has 0 aromatic heterocycles. The van der Waals surface area contributed by atoms with Crippen LogP contribution >= 0.6 is 0 Å². The average molecular weight is 632 g/mol. The summed E-state index contributed by atoms with van der Waals surface area (Å²) >= 11 is 0. The van der Waals surface area contributed by atoms with Gasteiger partial charge in [-0.1, -0.05) is 50.2 Å². The minimum Gasteiger partial charge on any atom is -0.497 e. The Morgan fingerprint density at radius 3 is 2.17 bits per heavy atom. The highest BCUT2D eigenvalue weighted by Crippen LogP contribution is 2.28. The van der Waals surface area contributed by atoms with E-state index in [1.165, 1.54) is 11.1 Å². The van der Waals surface area contributed by atoms with E-state index in [9.17, 15) is 14.4 Å². The zero-order valence-electron chi connectivity index (χ0n) is 28.2. The Morgan fingerprint density at radius 1 is 0.935 bits per heavy atom. The molecule has 9 heteroatoms. The van der Waals surface area contributed by atoms with Crippen molar-refractivity contribution in [3.05, 3.63) is 65.2 Å². The summed E-state index contributed by atoms with van der Waals surface area (Å²) in [5.41, 5.74) is 3.43. The van der Waals surface area contributed by atoms with E-state index in [0.717, 1.165) is 69.6 Å². The molecule has 2 atom stereocenters. The van der Waals surface area contributed by atoms with Crippen LogP contribution in [0.4, 0.5) is 0 Å². The SMILES string of the molecule is COc1ccc(C[C@@H](NC(=O)C[C@H]2NCCc3ccccc32)C(=O)N2CCC(N(CC(C)C)C3CCN(C(C)=O)CC3)CC2)cc1. The van der Waals surface area contributed by atoms with E-state index in [-0.39, 0.29) is 30.2 Å². The molecule has 5 rings (SSSR count). The predicted molar refractivity (Wildman–Crippen MR) is 181 cm³/mol. The fourth-order valence-electron chi connectivity index (χ4n) is 7.58. The van der Waals surface area contributed by atoms with Crippen LogP contribution in [0.15, 0.2) is 48.5 Å². The molecular weight excluding hydrogens is 578 g/mol. The van der Waals surface area contributed by atoms with Crippen LogP contribution in [-0.2, 0) is 27.2 Å². The average Bonchev–Trinajstić information content (AvgIpc) is 3.07. The summed E-state index contributed by atoms with van der Waals surface area (Å²) in [7, 11) is 1.64. The third kappa shape index (κ3) is 8.68. The van der Waals surface area contributed by atoms with E-state index in [0.29, 0.717) is 37.5 Å². The molecule has 250 valence electrons. The Balaban J connectivity index is 1.24. The molecule has 46 heavy (non-hydrogen) atoms. The molecule has 2 fully saturated rings. The van der Waals surface area contributed by atoms with E-state index >= 15 is 0 Å². The highest BCUT2D eigenvalue weighted by Gasteiger charge is 2.35. The summed E-state index contributed by atoms with van der Waals surface area (Å²) in [6.07, 6.45) is 5.50. The van der Waals surface area contributed by atoms with Gasteiger partial charge in [-0.05, 0) is 73.4 Å². The Bertz CT molecular complexity index is 1320. The number of hydrogen-bond donors (Lipinski definition) is 2. The van der Waals surface area contributed by atoms with Gasteiger partial charge < -0.3 is 25.2 Å². The fraction of sp³-hybridized carbons (Fsp3) is 0.595. The lowest BCUT2D eigenvalue weighted by molar-refractivity contribution is -0.138. The van der Waals surface area contributed by atoms with Gasteiger partial charge in [-0.25, -0.2) is 0 Å². The lowest BCUT2D eigenvalue weighted by Crippen LogP contribution is -2.56. The molecule has 0 unspecified atom stereocenters. The number of nitrogens with zero attached hydrogens (tertiary/aromatic N) is 3. The summed E-state index contributed by atoms with van der Waals surface area (Å²) in [6.45, 7) is 11.1. The van der Waals surface area contributed by atoms with Crippen molar-refractivity contribution in [3.63, 3.8) is 0 Å². The molecule has 0 radical (unpaired) electrons. The lowest BCUT2D eigenvalue weighted by atomic mass is 9.92. The second-order valence-corrected chi connectivity index (χ2v) is 13.7. The minimum absolute atomic E-state index is 0.00945. The van der Waals surface area contributed by atoms with Gasteiger partial charge in [0.25, 0.3) is 0 Å². The Hall–Kier alpha value is -3.43. The number of amides is 3. The number of carbonyl (C=O) groups is 3. The van der Waals surface area contributed by atoms with Gasteiger partial charge in [0.15, 0.2) is 0 Å². The Labute approximate surface area is 275 Å². The summed E-state index contributed by atoms with van der Waals surface area (Å²) in [5.74, 6) is 1.34. The summed E-state index contributed by atoms with van der Waals surface area (Å²) in [6, 6.07) is 16.2. The first kappa shape index (κ1) is 33.9. The lowest BCUT2D eigenvalue weighted by Gasteiger charge is -2.46. The smallest absolute Gasteiger partial charge is 0.245 e. The monoisotopic (exact) mass is 631 g/mol. The molecule has 2 aromatic carbocycles. The molecule has 3 amide bonds. The predicted octanol–water partition coefficient (Wildman–Crippen LogP) is 3.96. The van der Waals surface area contributed by atoms with Crippen molar-refractivity contribution in [2.75, 3.05) is 46.4 Å². The molecular formula is C37H53N5O4. The summed E-state index contributed by atoms with van der Waals surface area (Å²) in [4.78, 5) is 46.2. The molecule has 3 heterocycles. The number of benzene rings is 2. The van der Waals surface area contributed by atoms with Crippen LogP contribution < -0.4 is 15.4 Å². The number of nitrogens with one attached hydrogen (secondary N) is 2. The number of methoxy groups -OCH3 is 1. The number of piperidine rings is 2. The van der Waals surface area contributed by atoms with Gasteiger partial charge in [0.05, 0.1) is 7.11 Å². The van der Waals surface area contributed by atoms with Gasteiger partial charge in [-0.2, -0.15) is 0 Å². The molecule has 3 aliphatic heterocycles. The van der Waals surface area contributed by atoms with E-state index < -0.39 is 6.04 Å². The van der Waals surface area contributed by atoms with Crippen LogP contribution in [-0.4, -0.2) is 96.9 Å². The van der Waals surface area contributed by atoms with E-state index in [4.69, 9.17) is 4.74 Å². The van der Waals surface area contributed by atoms with Crippen molar-refractivity contribution in [2.45, 2.75) is 89.9 Å². The van der Waals surface area contributed by atoms with Crippen molar-refractivity contribution in [1.82, 2.24) is 25.3 Å². The maximum absolute atomic E-state index is 14.1. The van der Waals surface area contributed by atoms with Crippen LogP contribution in [0.3, 0.4) is 0 Å². The Kier molecular flexibility index (Phi) is 11.7. The molecule has 2 saturated heterocycles. The van der Waals surface area contributed by atoms with Crippen molar-refractivity contribution in [3.8, 4) is 5.75 Å². The minimum atomic E-state index is -0.640.